The molecule has 2 heterocycles. The van der Waals surface area contributed by atoms with E-state index in [2.05, 4.69) is 52.2 Å². The first-order valence-electron chi connectivity index (χ1n) is 8.16. The normalized spacial score (nSPS) is 17.0. The van der Waals surface area contributed by atoms with Gasteiger partial charge in [-0.25, -0.2) is 4.98 Å². The molecule has 1 aliphatic heterocycles. The molecule has 1 fully saturated rings. The smallest absolute Gasteiger partial charge is 0.136 e. The lowest BCUT2D eigenvalue weighted by molar-refractivity contribution is 0.149. The molecule has 118 valence electrons. The van der Waals surface area contributed by atoms with E-state index < -0.39 is 0 Å². The van der Waals surface area contributed by atoms with Crippen LogP contribution in [0.1, 0.15) is 12.8 Å². The number of likely N-dealkylation sites (tertiary alicyclic amines) is 1. The summed E-state index contributed by atoms with van der Waals surface area (Å²) in [6, 6.07) is 10.5. The molecule has 0 saturated carbocycles. The average molecular weight is 299 g/mol. The summed E-state index contributed by atoms with van der Waals surface area (Å²) < 4.78 is 0. The highest BCUT2D eigenvalue weighted by Gasteiger charge is 2.21. The minimum absolute atomic E-state index is 0.268. The summed E-state index contributed by atoms with van der Waals surface area (Å²) in [7, 11) is 2.15. The first kappa shape index (κ1) is 15.3. The molecule has 1 N–H and O–H groups in total. The van der Waals surface area contributed by atoms with Crippen molar-refractivity contribution >= 4 is 16.6 Å². The Balaban J connectivity index is 1.66. The van der Waals surface area contributed by atoms with Gasteiger partial charge in [0.2, 0.25) is 0 Å². The number of benzene rings is 1. The van der Waals surface area contributed by atoms with Gasteiger partial charge in [-0.1, -0.05) is 24.3 Å². The Kier molecular flexibility index (Phi) is 4.90. The van der Waals surface area contributed by atoms with Crippen molar-refractivity contribution in [2.75, 3.05) is 44.7 Å². The maximum atomic E-state index is 9.02. The molecular weight excluding hydrogens is 274 g/mol. The number of aromatic nitrogens is 1. The molecule has 0 unspecified atom stereocenters. The SMILES string of the molecule is CN(CC1CCN(CCO)CC1)c1nccc2ccccc12. The minimum atomic E-state index is 0.268. The molecule has 1 saturated heterocycles. The van der Waals surface area contributed by atoms with E-state index in [0.29, 0.717) is 5.92 Å². The average Bonchev–Trinajstić information content (AvgIpc) is 2.56. The van der Waals surface area contributed by atoms with Crippen molar-refractivity contribution in [3.8, 4) is 0 Å². The Morgan fingerprint density at radius 2 is 2.00 bits per heavy atom. The Bertz CT molecular complexity index is 603. The molecule has 0 radical (unpaired) electrons. The molecule has 4 heteroatoms. The fraction of sp³-hybridized carbons (Fsp3) is 0.500. The van der Waals surface area contributed by atoms with Gasteiger partial charge >= 0.3 is 0 Å². The van der Waals surface area contributed by atoms with Crippen LogP contribution in [0.3, 0.4) is 0 Å². The highest BCUT2D eigenvalue weighted by Crippen LogP contribution is 2.25. The zero-order valence-corrected chi connectivity index (χ0v) is 13.3. The second-order valence-electron chi connectivity index (χ2n) is 6.24. The highest BCUT2D eigenvalue weighted by molar-refractivity contribution is 5.91. The van der Waals surface area contributed by atoms with Gasteiger partial charge < -0.3 is 14.9 Å². The quantitative estimate of drug-likeness (QED) is 0.920. The van der Waals surface area contributed by atoms with Crippen LogP contribution in [0.25, 0.3) is 10.8 Å². The zero-order chi connectivity index (χ0) is 15.4. The Morgan fingerprint density at radius 3 is 2.77 bits per heavy atom. The number of pyridine rings is 1. The van der Waals surface area contributed by atoms with E-state index in [0.717, 1.165) is 32.0 Å². The molecule has 22 heavy (non-hydrogen) atoms. The highest BCUT2D eigenvalue weighted by atomic mass is 16.3. The molecule has 3 rings (SSSR count). The third-order valence-corrected chi connectivity index (χ3v) is 4.67. The number of aliphatic hydroxyl groups is 1. The maximum Gasteiger partial charge on any atom is 0.136 e. The number of piperidine rings is 1. The van der Waals surface area contributed by atoms with Crippen molar-refractivity contribution in [1.29, 1.82) is 0 Å². The summed E-state index contributed by atoms with van der Waals surface area (Å²) in [5.41, 5.74) is 0. The molecule has 1 aromatic heterocycles. The molecule has 1 aliphatic rings. The monoisotopic (exact) mass is 299 g/mol. The van der Waals surface area contributed by atoms with Gasteiger partial charge in [-0.15, -0.1) is 0 Å². The Labute approximate surface area is 132 Å². The van der Waals surface area contributed by atoms with Gasteiger partial charge in [0.1, 0.15) is 5.82 Å². The van der Waals surface area contributed by atoms with Crippen LogP contribution in [0.2, 0.25) is 0 Å². The number of anilines is 1. The third kappa shape index (κ3) is 3.39. The summed E-state index contributed by atoms with van der Waals surface area (Å²) in [6.45, 7) is 4.33. The van der Waals surface area contributed by atoms with Gasteiger partial charge in [0.15, 0.2) is 0 Å². The first-order chi connectivity index (χ1) is 10.8. The van der Waals surface area contributed by atoms with Crippen LogP contribution in [-0.4, -0.2) is 54.8 Å². The predicted molar refractivity (Wildman–Crippen MR) is 91.3 cm³/mol. The molecule has 0 bridgehead atoms. The molecule has 0 atom stereocenters. The number of hydrogen-bond donors (Lipinski definition) is 1. The summed E-state index contributed by atoms with van der Waals surface area (Å²) >= 11 is 0. The summed E-state index contributed by atoms with van der Waals surface area (Å²) in [4.78, 5) is 9.25. The van der Waals surface area contributed by atoms with Crippen molar-refractivity contribution in [1.82, 2.24) is 9.88 Å². The van der Waals surface area contributed by atoms with E-state index in [-0.39, 0.29) is 6.61 Å². The lowest BCUT2D eigenvalue weighted by atomic mass is 9.96. The predicted octanol–water partition coefficient (Wildman–Crippen LogP) is 2.38. The lowest BCUT2D eigenvalue weighted by Crippen LogP contribution is -2.39. The van der Waals surface area contributed by atoms with Crippen LogP contribution >= 0.6 is 0 Å². The molecular formula is C18H25N3O. The van der Waals surface area contributed by atoms with Crippen molar-refractivity contribution in [3.63, 3.8) is 0 Å². The molecule has 0 aliphatic carbocycles. The fourth-order valence-electron chi connectivity index (χ4n) is 3.42. The van der Waals surface area contributed by atoms with E-state index in [1.54, 1.807) is 0 Å². The lowest BCUT2D eigenvalue weighted by Gasteiger charge is -2.34. The fourth-order valence-corrected chi connectivity index (χ4v) is 3.42. The number of rotatable bonds is 5. The van der Waals surface area contributed by atoms with Gasteiger partial charge in [0.25, 0.3) is 0 Å². The van der Waals surface area contributed by atoms with Crippen LogP contribution in [-0.2, 0) is 0 Å². The Morgan fingerprint density at radius 1 is 1.23 bits per heavy atom. The second kappa shape index (κ2) is 7.07. The van der Waals surface area contributed by atoms with Crippen LogP contribution in [0.4, 0.5) is 5.82 Å². The first-order valence-corrected chi connectivity index (χ1v) is 8.16. The number of β-amino-alcohol motifs (C(OH)–C–C–N with tert-alkyl or cyclic N) is 1. The van der Waals surface area contributed by atoms with E-state index in [4.69, 9.17) is 5.11 Å². The minimum Gasteiger partial charge on any atom is -0.395 e. The van der Waals surface area contributed by atoms with E-state index in [1.807, 2.05) is 6.20 Å². The number of aliphatic hydroxyl groups excluding tert-OH is 1. The van der Waals surface area contributed by atoms with Gasteiger partial charge in [0, 0.05) is 31.7 Å². The van der Waals surface area contributed by atoms with E-state index in [9.17, 15) is 0 Å². The summed E-state index contributed by atoms with van der Waals surface area (Å²) in [6.07, 6.45) is 4.31. The molecule has 2 aromatic rings. The van der Waals surface area contributed by atoms with Crippen LogP contribution in [0.15, 0.2) is 36.5 Å². The topological polar surface area (TPSA) is 39.6 Å². The van der Waals surface area contributed by atoms with Gasteiger partial charge in [-0.05, 0) is 43.3 Å². The third-order valence-electron chi connectivity index (χ3n) is 4.67. The van der Waals surface area contributed by atoms with Crippen molar-refractivity contribution in [2.24, 2.45) is 5.92 Å². The maximum absolute atomic E-state index is 9.02. The van der Waals surface area contributed by atoms with E-state index in [1.165, 1.54) is 23.6 Å². The molecule has 0 spiro atoms. The molecule has 0 amide bonds. The Hall–Kier alpha value is -1.65. The van der Waals surface area contributed by atoms with Gasteiger partial charge in [-0.3, -0.25) is 0 Å². The number of hydrogen-bond acceptors (Lipinski definition) is 4. The summed E-state index contributed by atoms with van der Waals surface area (Å²) in [5.74, 6) is 1.79. The van der Waals surface area contributed by atoms with Crippen LogP contribution in [0, 0.1) is 5.92 Å². The van der Waals surface area contributed by atoms with Gasteiger partial charge in [0.05, 0.1) is 6.61 Å². The van der Waals surface area contributed by atoms with Crippen LogP contribution < -0.4 is 4.90 Å². The van der Waals surface area contributed by atoms with Crippen molar-refractivity contribution < 1.29 is 5.11 Å². The van der Waals surface area contributed by atoms with Crippen molar-refractivity contribution in [3.05, 3.63) is 36.5 Å². The number of nitrogens with zero attached hydrogens (tertiary/aromatic N) is 3. The van der Waals surface area contributed by atoms with Crippen molar-refractivity contribution in [2.45, 2.75) is 12.8 Å². The largest absolute Gasteiger partial charge is 0.395 e. The summed E-state index contributed by atoms with van der Waals surface area (Å²) in [5, 5.41) is 11.5. The zero-order valence-electron chi connectivity index (χ0n) is 13.3. The van der Waals surface area contributed by atoms with Gasteiger partial charge in [-0.2, -0.15) is 0 Å². The molecule has 4 nitrogen and oxygen atoms in total. The van der Waals surface area contributed by atoms with E-state index >= 15 is 0 Å². The standard InChI is InChI=1S/C18H25N3O/c1-20(14-15-7-10-21(11-8-15)12-13-22)18-17-5-3-2-4-16(17)6-9-19-18/h2-6,9,15,22H,7-8,10-14H2,1H3. The van der Waals surface area contributed by atoms with Crippen LogP contribution in [0.5, 0.6) is 0 Å². The molecule has 1 aromatic carbocycles. The number of fused-ring (bicyclic) bond motifs is 1. The second-order valence-corrected chi connectivity index (χ2v) is 6.24.